The molecule has 35 heavy (non-hydrogen) atoms. The van der Waals surface area contributed by atoms with Crippen molar-refractivity contribution in [1.29, 1.82) is 0 Å². The fourth-order valence-electron chi connectivity index (χ4n) is 3.74. The maximum Gasteiger partial charge on any atom is 0.167 e. The van der Waals surface area contributed by atoms with Crippen LogP contribution in [0.2, 0.25) is 0 Å². The molecule has 0 fully saturated rings. The van der Waals surface area contributed by atoms with Crippen LogP contribution in [0.5, 0.6) is 5.75 Å². The van der Waals surface area contributed by atoms with E-state index in [9.17, 15) is 13.2 Å². The van der Waals surface area contributed by atoms with Gasteiger partial charge in [0.25, 0.3) is 0 Å². The van der Waals surface area contributed by atoms with Gasteiger partial charge < -0.3 is 9.47 Å². The first-order valence-corrected chi connectivity index (χ1v) is 11.3. The van der Waals surface area contributed by atoms with Gasteiger partial charge in [-0.15, -0.1) is 0 Å². The third-order valence-electron chi connectivity index (χ3n) is 5.70. The van der Waals surface area contributed by atoms with Crippen LogP contribution >= 0.6 is 0 Å². The van der Waals surface area contributed by atoms with E-state index in [-0.39, 0.29) is 16.9 Å². The van der Waals surface area contributed by atoms with Gasteiger partial charge in [0.15, 0.2) is 11.6 Å². The van der Waals surface area contributed by atoms with Crippen molar-refractivity contribution in [3.63, 3.8) is 0 Å². The molecule has 0 radical (unpaired) electrons. The van der Waals surface area contributed by atoms with E-state index < -0.39 is 11.6 Å². The van der Waals surface area contributed by atoms with E-state index in [2.05, 4.69) is 0 Å². The Morgan fingerprint density at radius 3 is 1.86 bits per heavy atom. The number of methoxy groups -OCH3 is 1. The maximum atomic E-state index is 14.9. The van der Waals surface area contributed by atoms with Crippen LogP contribution in [-0.2, 0) is 11.3 Å². The van der Waals surface area contributed by atoms with Gasteiger partial charge in [-0.3, -0.25) is 0 Å². The van der Waals surface area contributed by atoms with Crippen molar-refractivity contribution in [1.82, 2.24) is 0 Å². The van der Waals surface area contributed by atoms with Gasteiger partial charge in [0.2, 0.25) is 0 Å². The molecule has 5 heteroatoms. The van der Waals surface area contributed by atoms with Crippen LogP contribution in [0.25, 0.3) is 34.4 Å². The normalized spacial score (nSPS) is 11.2. The largest absolute Gasteiger partial charge is 0.497 e. The molecule has 178 valence electrons. The zero-order valence-electron chi connectivity index (χ0n) is 19.5. The van der Waals surface area contributed by atoms with Crippen molar-refractivity contribution in [3.8, 4) is 28.0 Å². The Bertz CT molecular complexity index is 1330. The lowest BCUT2D eigenvalue weighted by atomic mass is 9.98. The van der Waals surface area contributed by atoms with Crippen molar-refractivity contribution in [2.45, 2.75) is 13.5 Å². The standard InChI is InChI=1S/C30H25F3O2/c1-3-35-19-21-7-11-24(28(31)18-21)10-6-20-4-8-22(9-5-20)26-16-17-27(30(33)29(26)32)23-12-14-25(34-2)15-13-23/h4-18H,3,19H2,1-2H3/b10-6+. The number of hydrogen-bond acceptors (Lipinski definition) is 2. The lowest BCUT2D eigenvalue weighted by Crippen LogP contribution is -1.94. The Labute approximate surface area is 203 Å². The number of halogens is 3. The van der Waals surface area contributed by atoms with E-state index in [1.807, 2.05) is 13.0 Å². The fraction of sp³-hybridized carbons (Fsp3) is 0.133. The Hall–Kier alpha value is -3.83. The molecule has 0 saturated carbocycles. The van der Waals surface area contributed by atoms with Gasteiger partial charge in [-0.1, -0.05) is 72.8 Å². The van der Waals surface area contributed by atoms with Crippen molar-refractivity contribution < 1.29 is 22.6 Å². The van der Waals surface area contributed by atoms with Gasteiger partial charge in [0.05, 0.1) is 13.7 Å². The van der Waals surface area contributed by atoms with Crippen LogP contribution < -0.4 is 4.74 Å². The second kappa shape index (κ2) is 11.1. The second-order valence-corrected chi connectivity index (χ2v) is 7.97. The molecule has 0 atom stereocenters. The van der Waals surface area contributed by atoms with Crippen molar-refractivity contribution in [2.24, 2.45) is 0 Å². The Morgan fingerprint density at radius 2 is 1.31 bits per heavy atom. The summed E-state index contributed by atoms with van der Waals surface area (Å²) in [7, 11) is 1.55. The van der Waals surface area contributed by atoms with E-state index in [4.69, 9.17) is 9.47 Å². The van der Waals surface area contributed by atoms with Gasteiger partial charge in [0, 0.05) is 23.3 Å². The molecule has 0 amide bonds. The average molecular weight is 475 g/mol. The molecule has 4 aromatic carbocycles. The molecule has 0 heterocycles. The monoisotopic (exact) mass is 474 g/mol. The van der Waals surface area contributed by atoms with Crippen molar-refractivity contribution >= 4 is 12.2 Å². The molecule has 4 rings (SSSR count). The SMILES string of the molecule is CCOCc1ccc(/C=C/c2ccc(-c3ccc(-c4ccc(OC)cc4)c(F)c3F)cc2)c(F)c1. The molecule has 4 aromatic rings. The van der Waals surface area contributed by atoms with Gasteiger partial charge in [-0.05, 0) is 47.4 Å². The molecule has 0 unspecified atom stereocenters. The third kappa shape index (κ3) is 5.64. The lowest BCUT2D eigenvalue weighted by Gasteiger charge is -2.10. The van der Waals surface area contributed by atoms with Gasteiger partial charge in [-0.25, -0.2) is 13.2 Å². The highest BCUT2D eigenvalue weighted by atomic mass is 19.2. The molecule has 0 N–H and O–H groups in total. The van der Waals surface area contributed by atoms with Crippen LogP contribution in [0.3, 0.4) is 0 Å². The summed E-state index contributed by atoms with van der Waals surface area (Å²) in [5.41, 5.74) is 3.50. The minimum atomic E-state index is -0.907. The number of hydrogen-bond donors (Lipinski definition) is 0. The summed E-state index contributed by atoms with van der Waals surface area (Å²) in [4.78, 5) is 0. The number of rotatable bonds is 8. The quantitative estimate of drug-likeness (QED) is 0.240. The van der Waals surface area contributed by atoms with E-state index in [1.165, 1.54) is 6.07 Å². The summed E-state index contributed by atoms with van der Waals surface area (Å²) < 4.78 is 54.6. The zero-order chi connectivity index (χ0) is 24.8. The summed E-state index contributed by atoms with van der Waals surface area (Å²) in [6.07, 6.45) is 3.45. The predicted octanol–water partition coefficient (Wildman–Crippen LogP) is 8.15. The molecule has 0 aliphatic carbocycles. The van der Waals surface area contributed by atoms with Crippen LogP contribution in [0, 0.1) is 17.5 Å². The average Bonchev–Trinajstić information content (AvgIpc) is 2.89. The highest BCUT2D eigenvalue weighted by molar-refractivity contribution is 5.75. The second-order valence-electron chi connectivity index (χ2n) is 7.97. The molecule has 0 aliphatic heterocycles. The molecule has 0 bridgehead atoms. The minimum absolute atomic E-state index is 0.172. The molecular formula is C30H25F3O2. The van der Waals surface area contributed by atoms with Gasteiger partial charge >= 0.3 is 0 Å². The van der Waals surface area contributed by atoms with Crippen LogP contribution in [0.4, 0.5) is 13.2 Å². The summed E-state index contributed by atoms with van der Waals surface area (Å²) in [5, 5.41) is 0. The molecular weight excluding hydrogens is 449 g/mol. The van der Waals surface area contributed by atoms with Crippen LogP contribution in [0.1, 0.15) is 23.6 Å². The summed E-state index contributed by atoms with van der Waals surface area (Å²) in [5.74, 6) is -1.50. The predicted molar refractivity (Wildman–Crippen MR) is 134 cm³/mol. The van der Waals surface area contributed by atoms with Crippen molar-refractivity contribution in [3.05, 3.63) is 113 Å². The van der Waals surface area contributed by atoms with E-state index in [0.29, 0.717) is 35.7 Å². The highest BCUT2D eigenvalue weighted by Crippen LogP contribution is 2.32. The Morgan fingerprint density at radius 1 is 0.714 bits per heavy atom. The highest BCUT2D eigenvalue weighted by Gasteiger charge is 2.16. The Kier molecular flexibility index (Phi) is 7.68. The molecule has 0 spiro atoms. The number of ether oxygens (including phenoxy) is 2. The molecule has 0 saturated heterocycles. The molecule has 2 nitrogen and oxygen atoms in total. The van der Waals surface area contributed by atoms with Gasteiger partial charge in [-0.2, -0.15) is 0 Å². The first-order chi connectivity index (χ1) is 17.0. The molecule has 0 aromatic heterocycles. The lowest BCUT2D eigenvalue weighted by molar-refractivity contribution is 0.134. The summed E-state index contributed by atoms with van der Waals surface area (Å²) in [6.45, 7) is 2.83. The topological polar surface area (TPSA) is 18.5 Å². The van der Waals surface area contributed by atoms with Gasteiger partial charge in [0.1, 0.15) is 11.6 Å². The van der Waals surface area contributed by atoms with Crippen LogP contribution in [0.15, 0.2) is 78.9 Å². The van der Waals surface area contributed by atoms with Crippen LogP contribution in [-0.4, -0.2) is 13.7 Å². The fourth-order valence-corrected chi connectivity index (χ4v) is 3.74. The summed E-state index contributed by atoms with van der Waals surface area (Å²) in [6, 6.07) is 21.9. The Balaban J connectivity index is 1.52. The maximum absolute atomic E-state index is 14.9. The van der Waals surface area contributed by atoms with E-state index in [0.717, 1.165) is 11.1 Å². The van der Waals surface area contributed by atoms with Crippen molar-refractivity contribution in [2.75, 3.05) is 13.7 Å². The number of benzene rings is 4. The first kappa shape index (κ1) is 24.3. The third-order valence-corrected chi connectivity index (χ3v) is 5.70. The van der Waals surface area contributed by atoms with E-state index >= 15 is 0 Å². The first-order valence-electron chi connectivity index (χ1n) is 11.3. The smallest absolute Gasteiger partial charge is 0.167 e. The van der Waals surface area contributed by atoms with E-state index in [1.54, 1.807) is 86.0 Å². The molecule has 0 aliphatic rings. The zero-order valence-corrected chi connectivity index (χ0v) is 19.5. The minimum Gasteiger partial charge on any atom is -0.497 e. The summed E-state index contributed by atoms with van der Waals surface area (Å²) >= 11 is 0.